The third-order valence-corrected chi connectivity index (χ3v) is 5.38. The molecule has 2 fully saturated rings. The fraction of sp³-hybridized carbons (Fsp3) is 0.600. The van der Waals surface area contributed by atoms with Gasteiger partial charge in [-0.2, -0.15) is 8.42 Å². The van der Waals surface area contributed by atoms with Crippen LogP contribution in [-0.2, 0) is 23.8 Å². The number of hydrogen-bond acceptors (Lipinski definition) is 5. The Morgan fingerprint density at radius 1 is 1.19 bits per heavy atom. The van der Waals surface area contributed by atoms with Crippen molar-refractivity contribution in [3.63, 3.8) is 0 Å². The summed E-state index contributed by atoms with van der Waals surface area (Å²) in [6.07, 6.45) is 2.44. The van der Waals surface area contributed by atoms with E-state index in [1.807, 2.05) is 6.92 Å². The predicted molar refractivity (Wildman–Crippen MR) is 76.3 cm³/mol. The molecule has 0 aromatic heterocycles. The van der Waals surface area contributed by atoms with E-state index in [9.17, 15) is 8.42 Å². The van der Waals surface area contributed by atoms with Crippen molar-refractivity contribution in [1.29, 1.82) is 0 Å². The second-order valence-corrected chi connectivity index (χ2v) is 7.26. The fourth-order valence-electron chi connectivity index (χ4n) is 2.93. The fourth-order valence-corrected chi connectivity index (χ4v) is 4.03. The minimum atomic E-state index is -3.73. The quantitative estimate of drug-likeness (QED) is 0.802. The Labute approximate surface area is 125 Å². The zero-order valence-electron chi connectivity index (χ0n) is 12.1. The van der Waals surface area contributed by atoms with Gasteiger partial charge in [-0.15, -0.1) is 0 Å². The van der Waals surface area contributed by atoms with Gasteiger partial charge >= 0.3 is 0 Å². The minimum absolute atomic E-state index is 0.195. The molecule has 1 unspecified atom stereocenters. The lowest BCUT2D eigenvalue weighted by Crippen LogP contribution is -2.40. The second-order valence-electron chi connectivity index (χ2n) is 5.69. The summed E-state index contributed by atoms with van der Waals surface area (Å²) < 4.78 is 41.3. The van der Waals surface area contributed by atoms with Crippen LogP contribution >= 0.6 is 0 Å². The predicted octanol–water partition coefficient (Wildman–Crippen LogP) is 2.39. The molecular formula is C15H20O5S. The van der Waals surface area contributed by atoms with Crippen molar-refractivity contribution in [3.8, 4) is 0 Å². The van der Waals surface area contributed by atoms with Crippen LogP contribution in [0.2, 0.25) is 0 Å². The first kappa shape index (κ1) is 15.0. The monoisotopic (exact) mass is 312 g/mol. The number of ether oxygens (including phenoxy) is 2. The molecule has 1 aromatic carbocycles. The summed E-state index contributed by atoms with van der Waals surface area (Å²) in [6, 6.07) is 6.68. The number of rotatable bonds is 3. The molecule has 0 amide bonds. The molecule has 21 heavy (non-hydrogen) atoms. The molecule has 1 heterocycles. The molecule has 1 atom stereocenters. The van der Waals surface area contributed by atoms with E-state index in [0.717, 1.165) is 18.4 Å². The number of hydrogen-bond donors (Lipinski definition) is 0. The standard InChI is InChI=1S/C15H20O5S/c1-12-4-6-14(7-5-12)21(16,17)20-13-3-2-8-15(11-13)18-9-10-19-15/h4-7,13H,2-3,8-11H2,1H3. The zero-order valence-corrected chi connectivity index (χ0v) is 12.9. The van der Waals surface area contributed by atoms with E-state index in [4.69, 9.17) is 13.7 Å². The van der Waals surface area contributed by atoms with Crippen LogP contribution in [0.15, 0.2) is 29.2 Å². The highest BCUT2D eigenvalue weighted by molar-refractivity contribution is 7.86. The highest BCUT2D eigenvalue weighted by Gasteiger charge is 2.43. The first-order valence-corrected chi connectivity index (χ1v) is 8.68. The van der Waals surface area contributed by atoms with Crippen molar-refractivity contribution in [2.75, 3.05) is 13.2 Å². The molecule has 1 aliphatic carbocycles. The maximum Gasteiger partial charge on any atom is 0.297 e. The topological polar surface area (TPSA) is 61.8 Å². The van der Waals surface area contributed by atoms with Crippen molar-refractivity contribution in [2.24, 2.45) is 0 Å². The minimum Gasteiger partial charge on any atom is -0.347 e. The molecule has 0 N–H and O–H groups in total. The van der Waals surface area contributed by atoms with Crippen LogP contribution in [0.4, 0.5) is 0 Å². The second kappa shape index (κ2) is 5.68. The summed E-state index contributed by atoms with van der Waals surface area (Å²) in [5.74, 6) is -0.633. The summed E-state index contributed by atoms with van der Waals surface area (Å²) in [6.45, 7) is 3.05. The molecule has 1 saturated heterocycles. The highest BCUT2D eigenvalue weighted by Crippen LogP contribution is 2.37. The summed E-state index contributed by atoms with van der Waals surface area (Å²) in [7, 11) is -3.73. The molecule has 0 radical (unpaired) electrons. The third kappa shape index (κ3) is 3.29. The van der Waals surface area contributed by atoms with E-state index in [1.165, 1.54) is 0 Å². The van der Waals surface area contributed by atoms with Crippen LogP contribution in [0.3, 0.4) is 0 Å². The third-order valence-electron chi connectivity index (χ3n) is 4.01. The van der Waals surface area contributed by atoms with E-state index in [1.54, 1.807) is 24.3 Å². The van der Waals surface area contributed by atoms with Crippen molar-refractivity contribution >= 4 is 10.1 Å². The van der Waals surface area contributed by atoms with Gasteiger partial charge in [0, 0.05) is 12.8 Å². The van der Waals surface area contributed by atoms with Crippen LogP contribution in [0, 0.1) is 6.92 Å². The molecule has 0 bridgehead atoms. The molecule has 1 aliphatic heterocycles. The molecule has 2 aliphatic rings. The Morgan fingerprint density at radius 3 is 2.52 bits per heavy atom. The molecule has 5 nitrogen and oxygen atoms in total. The van der Waals surface area contributed by atoms with Gasteiger partial charge in [0.15, 0.2) is 5.79 Å². The van der Waals surface area contributed by atoms with Crippen LogP contribution in [0.25, 0.3) is 0 Å². The zero-order chi connectivity index (χ0) is 14.9. The molecule has 1 saturated carbocycles. The first-order valence-electron chi connectivity index (χ1n) is 7.27. The lowest BCUT2D eigenvalue weighted by Gasteiger charge is -2.35. The van der Waals surface area contributed by atoms with Gasteiger partial charge in [-0.25, -0.2) is 0 Å². The largest absolute Gasteiger partial charge is 0.347 e. The SMILES string of the molecule is Cc1ccc(S(=O)(=O)OC2CCCC3(C2)OCCO3)cc1. The van der Waals surface area contributed by atoms with Crippen molar-refractivity contribution in [1.82, 2.24) is 0 Å². The summed E-state index contributed by atoms with van der Waals surface area (Å²) in [5.41, 5.74) is 1.01. The van der Waals surface area contributed by atoms with E-state index < -0.39 is 15.9 Å². The van der Waals surface area contributed by atoms with Gasteiger partial charge in [0.1, 0.15) is 0 Å². The average molecular weight is 312 g/mol. The Balaban J connectivity index is 1.71. The molecule has 1 aromatic rings. The van der Waals surface area contributed by atoms with Gasteiger partial charge in [-0.1, -0.05) is 17.7 Å². The van der Waals surface area contributed by atoms with Gasteiger partial charge in [0.2, 0.25) is 0 Å². The maximum absolute atomic E-state index is 12.3. The van der Waals surface area contributed by atoms with Gasteiger partial charge in [-0.3, -0.25) is 4.18 Å². The van der Waals surface area contributed by atoms with Crippen LogP contribution in [-0.4, -0.2) is 33.5 Å². The van der Waals surface area contributed by atoms with Crippen molar-refractivity contribution < 1.29 is 22.1 Å². The molecule has 1 spiro atoms. The first-order chi connectivity index (χ1) is 9.99. The summed E-state index contributed by atoms with van der Waals surface area (Å²) in [5, 5.41) is 0. The Morgan fingerprint density at radius 2 is 1.86 bits per heavy atom. The molecule has 6 heteroatoms. The van der Waals surface area contributed by atoms with E-state index in [2.05, 4.69) is 0 Å². The normalized spacial score (nSPS) is 25.3. The Bertz CT molecular complexity index is 587. The van der Waals surface area contributed by atoms with E-state index >= 15 is 0 Å². The average Bonchev–Trinajstić information content (AvgIpc) is 2.86. The van der Waals surface area contributed by atoms with Crippen LogP contribution in [0.1, 0.15) is 31.2 Å². The summed E-state index contributed by atoms with van der Waals surface area (Å²) >= 11 is 0. The van der Waals surface area contributed by atoms with Gasteiger partial charge in [0.25, 0.3) is 10.1 Å². The lowest BCUT2D eigenvalue weighted by atomic mass is 9.92. The summed E-state index contributed by atoms with van der Waals surface area (Å²) in [4.78, 5) is 0.195. The van der Waals surface area contributed by atoms with Crippen molar-refractivity contribution in [3.05, 3.63) is 29.8 Å². The molecular weight excluding hydrogens is 292 g/mol. The van der Waals surface area contributed by atoms with Crippen LogP contribution < -0.4 is 0 Å². The van der Waals surface area contributed by atoms with Gasteiger partial charge < -0.3 is 9.47 Å². The lowest BCUT2D eigenvalue weighted by molar-refractivity contribution is -0.192. The molecule has 3 rings (SSSR count). The van der Waals surface area contributed by atoms with Crippen molar-refractivity contribution in [2.45, 2.75) is 49.4 Å². The Kier molecular flexibility index (Phi) is 4.05. The maximum atomic E-state index is 12.3. The van der Waals surface area contributed by atoms with Gasteiger partial charge in [0.05, 0.1) is 24.2 Å². The number of aryl methyl sites for hydroxylation is 1. The van der Waals surface area contributed by atoms with Crippen LogP contribution in [0.5, 0.6) is 0 Å². The van der Waals surface area contributed by atoms with E-state index in [-0.39, 0.29) is 11.0 Å². The Hall–Kier alpha value is -0.950. The molecule has 116 valence electrons. The van der Waals surface area contributed by atoms with E-state index in [0.29, 0.717) is 26.1 Å². The van der Waals surface area contributed by atoms with Gasteiger partial charge in [-0.05, 0) is 31.9 Å². The highest BCUT2D eigenvalue weighted by atomic mass is 32.2. The smallest absolute Gasteiger partial charge is 0.297 e. The number of benzene rings is 1.